The second-order valence-corrected chi connectivity index (χ2v) is 4.64. The minimum Gasteiger partial charge on any atom is -0.355 e. The number of nitriles is 1. The van der Waals surface area contributed by atoms with Crippen molar-refractivity contribution in [3.05, 3.63) is 0 Å². The molecular formula is C12H20N2O. The van der Waals surface area contributed by atoms with Crippen LogP contribution in [-0.2, 0) is 4.79 Å². The van der Waals surface area contributed by atoms with Crippen molar-refractivity contribution in [1.29, 1.82) is 5.26 Å². The van der Waals surface area contributed by atoms with Crippen LogP contribution in [-0.4, -0.2) is 12.5 Å². The predicted octanol–water partition coefficient (Wildman–Crippen LogP) is 2.23. The summed E-state index contributed by atoms with van der Waals surface area (Å²) in [5.41, 5.74) is -0.848. The molecule has 1 saturated carbocycles. The number of rotatable bonds is 5. The lowest BCUT2D eigenvalue weighted by Crippen LogP contribution is -2.38. The number of hydrogen-bond acceptors (Lipinski definition) is 2. The summed E-state index contributed by atoms with van der Waals surface area (Å²) < 4.78 is 0. The van der Waals surface area contributed by atoms with Gasteiger partial charge in [-0.2, -0.15) is 5.26 Å². The van der Waals surface area contributed by atoms with E-state index in [1.807, 2.05) is 6.92 Å². The monoisotopic (exact) mass is 208 g/mol. The van der Waals surface area contributed by atoms with E-state index in [4.69, 9.17) is 5.26 Å². The molecule has 1 amide bonds. The zero-order valence-corrected chi connectivity index (χ0v) is 9.68. The maximum Gasteiger partial charge on any atom is 0.240 e. The summed E-state index contributed by atoms with van der Waals surface area (Å²) in [5, 5.41) is 11.8. The van der Waals surface area contributed by atoms with Crippen molar-refractivity contribution < 1.29 is 4.79 Å². The first-order valence-electron chi connectivity index (χ1n) is 5.82. The molecular weight excluding hydrogens is 188 g/mol. The third-order valence-corrected chi connectivity index (χ3v) is 3.52. The highest BCUT2D eigenvalue weighted by Gasteiger charge is 2.30. The number of amides is 1. The van der Waals surface area contributed by atoms with Crippen molar-refractivity contribution in [1.82, 2.24) is 5.32 Å². The quantitative estimate of drug-likeness (QED) is 0.753. The second kappa shape index (κ2) is 5.16. The second-order valence-electron chi connectivity index (χ2n) is 4.64. The Morgan fingerprint density at radius 1 is 1.60 bits per heavy atom. The molecule has 3 heteroatoms. The van der Waals surface area contributed by atoms with Crippen molar-refractivity contribution in [2.24, 2.45) is 11.3 Å². The molecule has 0 bridgehead atoms. The van der Waals surface area contributed by atoms with Gasteiger partial charge in [0, 0.05) is 6.54 Å². The normalized spacial score (nSPS) is 19.8. The fraction of sp³-hybridized carbons (Fsp3) is 0.833. The molecule has 1 rings (SSSR count). The maximum absolute atomic E-state index is 11.7. The highest BCUT2D eigenvalue weighted by atomic mass is 16.2. The van der Waals surface area contributed by atoms with Crippen LogP contribution < -0.4 is 5.32 Å². The van der Waals surface area contributed by atoms with E-state index in [1.165, 1.54) is 19.3 Å². The highest BCUT2D eigenvalue weighted by molar-refractivity contribution is 5.84. The van der Waals surface area contributed by atoms with Crippen LogP contribution in [0.3, 0.4) is 0 Å². The molecule has 0 aromatic carbocycles. The van der Waals surface area contributed by atoms with E-state index < -0.39 is 5.41 Å². The third-order valence-electron chi connectivity index (χ3n) is 3.52. The van der Waals surface area contributed by atoms with Gasteiger partial charge >= 0.3 is 0 Å². The van der Waals surface area contributed by atoms with Gasteiger partial charge in [-0.1, -0.05) is 26.2 Å². The standard InChI is InChI=1S/C12H20N2O/c1-3-12(2,9-13)11(15)14-8-7-10-5-4-6-10/h10H,3-8H2,1-2H3,(H,14,15). The van der Waals surface area contributed by atoms with Crippen molar-refractivity contribution in [3.63, 3.8) is 0 Å². The largest absolute Gasteiger partial charge is 0.355 e. The average molecular weight is 208 g/mol. The van der Waals surface area contributed by atoms with Crippen LogP contribution in [0.4, 0.5) is 0 Å². The summed E-state index contributed by atoms with van der Waals surface area (Å²) in [6, 6.07) is 2.08. The van der Waals surface area contributed by atoms with Gasteiger partial charge in [0.1, 0.15) is 5.41 Å². The van der Waals surface area contributed by atoms with E-state index in [1.54, 1.807) is 6.92 Å². The first-order valence-corrected chi connectivity index (χ1v) is 5.82. The summed E-state index contributed by atoms with van der Waals surface area (Å²) in [4.78, 5) is 11.7. The van der Waals surface area contributed by atoms with Crippen molar-refractivity contribution in [2.45, 2.75) is 46.0 Å². The molecule has 1 atom stereocenters. The third kappa shape index (κ3) is 2.95. The molecule has 3 nitrogen and oxygen atoms in total. The van der Waals surface area contributed by atoms with E-state index in [2.05, 4.69) is 11.4 Å². The number of nitrogens with zero attached hydrogens (tertiary/aromatic N) is 1. The Labute approximate surface area is 91.9 Å². The van der Waals surface area contributed by atoms with Crippen LogP contribution in [0.2, 0.25) is 0 Å². The summed E-state index contributed by atoms with van der Waals surface area (Å²) in [5.74, 6) is 0.687. The number of hydrogen-bond donors (Lipinski definition) is 1. The Balaban J connectivity index is 2.25. The van der Waals surface area contributed by atoms with E-state index in [0.717, 1.165) is 18.9 Å². The van der Waals surface area contributed by atoms with Crippen molar-refractivity contribution in [3.8, 4) is 6.07 Å². The van der Waals surface area contributed by atoms with Gasteiger partial charge < -0.3 is 5.32 Å². The van der Waals surface area contributed by atoms with E-state index >= 15 is 0 Å². The molecule has 0 aliphatic heterocycles. The molecule has 0 aromatic rings. The van der Waals surface area contributed by atoms with E-state index in [-0.39, 0.29) is 5.91 Å². The van der Waals surface area contributed by atoms with Crippen LogP contribution in [0, 0.1) is 22.7 Å². The Kier molecular flexibility index (Phi) is 4.14. The summed E-state index contributed by atoms with van der Waals surface area (Å²) >= 11 is 0. The predicted molar refractivity (Wildman–Crippen MR) is 59.0 cm³/mol. The lowest BCUT2D eigenvalue weighted by Gasteiger charge is -2.26. The molecule has 0 saturated heterocycles. The molecule has 0 radical (unpaired) electrons. The van der Waals surface area contributed by atoms with Crippen LogP contribution in [0.5, 0.6) is 0 Å². The Hall–Kier alpha value is -1.04. The first kappa shape index (κ1) is 12.0. The van der Waals surface area contributed by atoms with Crippen LogP contribution >= 0.6 is 0 Å². The fourth-order valence-corrected chi connectivity index (χ4v) is 1.66. The lowest BCUT2D eigenvalue weighted by atomic mass is 9.83. The Bertz CT molecular complexity index is 265. The van der Waals surface area contributed by atoms with Gasteiger partial charge in [-0.3, -0.25) is 4.79 Å². The summed E-state index contributed by atoms with van der Waals surface area (Å²) in [6.45, 7) is 4.29. The fourth-order valence-electron chi connectivity index (χ4n) is 1.66. The van der Waals surface area contributed by atoms with Crippen LogP contribution in [0.1, 0.15) is 46.0 Å². The Morgan fingerprint density at radius 3 is 2.67 bits per heavy atom. The zero-order valence-electron chi connectivity index (χ0n) is 9.68. The molecule has 0 aromatic heterocycles. The summed E-state index contributed by atoms with van der Waals surface area (Å²) in [7, 11) is 0. The molecule has 15 heavy (non-hydrogen) atoms. The van der Waals surface area contributed by atoms with Gasteiger partial charge in [-0.25, -0.2) is 0 Å². The van der Waals surface area contributed by atoms with E-state index in [0.29, 0.717) is 6.42 Å². The van der Waals surface area contributed by atoms with Gasteiger partial charge in [0.05, 0.1) is 6.07 Å². The number of nitrogens with one attached hydrogen (secondary N) is 1. The van der Waals surface area contributed by atoms with Gasteiger partial charge in [-0.05, 0) is 25.7 Å². The molecule has 84 valence electrons. The van der Waals surface area contributed by atoms with Gasteiger partial charge in [-0.15, -0.1) is 0 Å². The smallest absolute Gasteiger partial charge is 0.240 e. The molecule has 0 spiro atoms. The number of carbonyl (C=O) groups excluding carboxylic acids is 1. The Morgan fingerprint density at radius 2 is 2.27 bits per heavy atom. The molecule has 1 aliphatic carbocycles. The van der Waals surface area contributed by atoms with Gasteiger partial charge in [0.2, 0.25) is 5.91 Å². The average Bonchev–Trinajstić information content (AvgIpc) is 2.20. The SMILES string of the molecule is CCC(C)(C#N)C(=O)NCCC1CCC1. The minimum absolute atomic E-state index is 0.119. The molecule has 1 aliphatic rings. The topological polar surface area (TPSA) is 52.9 Å². The van der Waals surface area contributed by atoms with Crippen LogP contribution in [0.25, 0.3) is 0 Å². The van der Waals surface area contributed by atoms with Gasteiger partial charge in [0.15, 0.2) is 0 Å². The molecule has 1 unspecified atom stereocenters. The number of carbonyl (C=O) groups is 1. The maximum atomic E-state index is 11.7. The molecule has 1 fully saturated rings. The molecule has 0 heterocycles. The van der Waals surface area contributed by atoms with Crippen LogP contribution in [0.15, 0.2) is 0 Å². The highest BCUT2D eigenvalue weighted by Crippen LogP contribution is 2.29. The van der Waals surface area contributed by atoms with Gasteiger partial charge in [0.25, 0.3) is 0 Å². The summed E-state index contributed by atoms with van der Waals surface area (Å²) in [6.07, 6.45) is 5.58. The zero-order chi connectivity index (χ0) is 11.3. The minimum atomic E-state index is -0.848. The lowest BCUT2D eigenvalue weighted by molar-refractivity contribution is -0.127. The van der Waals surface area contributed by atoms with E-state index in [9.17, 15) is 4.79 Å². The van der Waals surface area contributed by atoms with Crippen molar-refractivity contribution in [2.75, 3.05) is 6.54 Å². The van der Waals surface area contributed by atoms with Crippen molar-refractivity contribution >= 4 is 5.91 Å². The first-order chi connectivity index (χ1) is 7.12. The molecule has 1 N–H and O–H groups in total.